The van der Waals surface area contributed by atoms with Gasteiger partial charge < -0.3 is 15.4 Å². The largest absolute Gasteiger partial charge is 0.497 e. The molecule has 1 aromatic carbocycles. The molecule has 3 nitrogen and oxygen atoms in total. The van der Waals surface area contributed by atoms with Crippen molar-refractivity contribution < 1.29 is 9.13 Å². The van der Waals surface area contributed by atoms with Gasteiger partial charge in [0.15, 0.2) is 0 Å². The SMILES string of the molecule is COc1ccc(N(C)CC(C)(F)CN)cc1. The maximum Gasteiger partial charge on any atom is 0.137 e. The van der Waals surface area contributed by atoms with Gasteiger partial charge in [0.05, 0.1) is 13.7 Å². The maximum absolute atomic E-state index is 13.7. The van der Waals surface area contributed by atoms with Crippen LogP contribution in [0.2, 0.25) is 0 Å². The molecule has 4 heteroatoms. The number of ether oxygens (including phenoxy) is 1. The van der Waals surface area contributed by atoms with Gasteiger partial charge in [-0.15, -0.1) is 0 Å². The average Bonchev–Trinajstić information content (AvgIpc) is 2.28. The van der Waals surface area contributed by atoms with Crippen LogP contribution in [-0.2, 0) is 0 Å². The summed E-state index contributed by atoms with van der Waals surface area (Å²) in [6.45, 7) is 1.80. The first-order valence-electron chi connectivity index (χ1n) is 5.23. The van der Waals surface area contributed by atoms with Crippen molar-refractivity contribution in [2.24, 2.45) is 5.73 Å². The highest BCUT2D eigenvalue weighted by molar-refractivity contribution is 5.48. The van der Waals surface area contributed by atoms with E-state index in [1.54, 1.807) is 7.11 Å². The van der Waals surface area contributed by atoms with Crippen LogP contribution < -0.4 is 15.4 Å². The van der Waals surface area contributed by atoms with Crippen molar-refractivity contribution in [3.05, 3.63) is 24.3 Å². The van der Waals surface area contributed by atoms with E-state index in [2.05, 4.69) is 0 Å². The third kappa shape index (κ3) is 3.38. The molecule has 0 spiro atoms. The van der Waals surface area contributed by atoms with E-state index in [9.17, 15) is 4.39 Å². The molecule has 0 amide bonds. The zero-order valence-corrected chi connectivity index (χ0v) is 10.0. The Bertz CT molecular complexity index is 324. The fraction of sp³-hybridized carbons (Fsp3) is 0.500. The summed E-state index contributed by atoms with van der Waals surface area (Å²) in [5.74, 6) is 0.791. The molecule has 1 atom stereocenters. The number of halogens is 1. The van der Waals surface area contributed by atoms with E-state index in [1.165, 1.54) is 6.92 Å². The Morgan fingerprint density at radius 3 is 2.38 bits per heavy atom. The predicted molar refractivity (Wildman–Crippen MR) is 64.8 cm³/mol. The molecule has 1 unspecified atom stereocenters. The van der Waals surface area contributed by atoms with Gasteiger partial charge in [-0.3, -0.25) is 0 Å². The number of alkyl halides is 1. The van der Waals surface area contributed by atoms with Gasteiger partial charge in [0.2, 0.25) is 0 Å². The summed E-state index contributed by atoms with van der Waals surface area (Å²) in [5.41, 5.74) is 4.93. The van der Waals surface area contributed by atoms with Crippen LogP contribution in [0.25, 0.3) is 0 Å². The molecule has 0 aliphatic rings. The van der Waals surface area contributed by atoms with E-state index in [0.717, 1.165) is 11.4 Å². The van der Waals surface area contributed by atoms with Gasteiger partial charge in [0.1, 0.15) is 11.4 Å². The minimum Gasteiger partial charge on any atom is -0.497 e. The molecule has 0 fully saturated rings. The van der Waals surface area contributed by atoms with Crippen molar-refractivity contribution in [3.8, 4) is 5.75 Å². The van der Waals surface area contributed by atoms with Gasteiger partial charge >= 0.3 is 0 Å². The first kappa shape index (κ1) is 12.8. The van der Waals surface area contributed by atoms with Crippen molar-refractivity contribution in [2.75, 3.05) is 32.1 Å². The number of methoxy groups -OCH3 is 1. The smallest absolute Gasteiger partial charge is 0.137 e. The summed E-state index contributed by atoms with van der Waals surface area (Å²) in [6, 6.07) is 7.49. The zero-order chi connectivity index (χ0) is 12.2. The first-order valence-corrected chi connectivity index (χ1v) is 5.23. The van der Waals surface area contributed by atoms with E-state index < -0.39 is 5.67 Å². The van der Waals surface area contributed by atoms with E-state index in [4.69, 9.17) is 10.5 Å². The highest BCUT2D eigenvalue weighted by Crippen LogP contribution is 2.20. The second kappa shape index (κ2) is 5.16. The number of nitrogens with zero attached hydrogens (tertiary/aromatic N) is 1. The Morgan fingerprint density at radius 1 is 1.38 bits per heavy atom. The van der Waals surface area contributed by atoms with Crippen molar-refractivity contribution in [3.63, 3.8) is 0 Å². The molecule has 1 rings (SSSR count). The molecule has 0 aliphatic heterocycles. The van der Waals surface area contributed by atoms with Crippen LogP contribution in [0.15, 0.2) is 24.3 Å². The summed E-state index contributed by atoms with van der Waals surface area (Å²) < 4.78 is 18.8. The molecule has 0 saturated heterocycles. The lowest BCUT2D eigenvalue weighted by atomic mass is 10.1. The topological polar surface area (TPSA) is 38.5 Å². The predicted octanol–water partition coefficient (Wildman–Crippen LogP) is 1.82. The average molecular weight is 226 g/mol. The van der Waals surface area contributed by atoms with Crippen molar-refractivity contribution in [2.45, 2.75) is 12.6 Å². The lowest BCUT2D eigenvalue weighted by Crippen LogP contribution is -2.41. The monoisotopic (exact) mass is 226 g/mol. The number of nitrogens with two attached hydrogens (primary N) is 1. The van der Waals surface area contributed by atoms with Gasteiger partial charge in [-0.2, -0.15) is 0 Å². The van der Waals surface area contributed by atoms with Gasteiger partial charge in [-0.05, 0) is 31.2 Å². The minimum absolute atomic E-state index is 0.0213. The van der Waals surface area contributed by atoms with Crippen LogP contribution in [0.4, 0.5) is 10.1 Å². The van der Waals surface area contributed by atoms with Gasteiger partial charge in [-0.25, -0.2) is 4.39 Å². The lowest BCUT2D eigenvalue weighted by molar-refractivity contribution is 0.208. The molecule has 0 aliphatic carbocycles. The fourth-order valence-corrected chi connectivity index (χ4v) is 1.49. The summed E-state index contributed by atoms with van der Waals surface area (Å²) >= 11 is 0. The van der Waals surface area contributed by atoms with Crippen LogP contribution in [0.3, 0.4) is 0 Å². The molecular formula is C12H19FN2O. The molecule has 16 heavy (non-hydrogen) atoms. The number of rotatable bonds is 5. The standard InChI is InChI=1S/C12H19FN2O/c1-12(13,8-14)9-15(2)10-4-6-11(16-3)7-5-10/h4-7H,8-9,14H2,1-3H3. The van der Waals surface area contributed by atoms with Crippen LogP contribution in [-0.4, -0.2) is 32.9 Å². The van der Waals surface area contributed by atoms with E-state index in [-0.39, 0.29) is 13.1 Å². The molecule has 0 radical (unpaired) electrons. The number of anilines is 1. The molecule has 0 heterocycles. The van der Waals surface area contributed by atoms with Crippen molar-refractivity contribution in [1.82, 2.24) is 0 Å². The third-order valence-electron chi connectivity index (χ3n) is 2.51. The molecule has 2 N–H and O–H groups in total. The Balaban J connectivity index is 2.69. The second-order valence-corrected chi connectivity index (χ2v) is 4.17. The Kier molecular flexibility index (Phi) is 4.12. The molecular weight excluding hydrogens is 207 g/mol. The van der Waals surface area contributed by atoms with Gasteiger partial charge in [-0.1, -0.05) is 0 Å². The second-order valence-electron chi connectivity index (χ2n) is 4.17. The minimum atomic E-state index is -1.37. The fourth-order valence-electron chi connectivity index (χ4n) is 1.49. The van der Waals surface area contributed by atoms with Gasteiger partial charge in [0, 0.05) is 19.3 Å². The molecule has 0 saturated carbocycles. The van der Waals surface area contributed by atoms with E-state index in [0.29, 0.717) is 0 Å². The van der Waals surface area contributed by atoms with Crippen LogP contribution in [0.1, 0.15) is 6.92 Å². The Morgan fingerprint density at radius 2 is 1.94 bits per heavy atom. The maximum atomic E-state index is 13.7. The Hall–Kier alpha value is -1.29. The molecule has 0 bridgehead atoms. The number of hydrogen-bond acceptors (Lipinski definition) is 3. The van der Waals surface area contributed by atoms with Crippen molar-refractivity contribution in [1.29, 1.82) is 0 Å². The summed E-state index contributed by atoms with van der Waals surface area (Å²) in [5, 5.41) is 0. The summed E-state index contributed by atoms with van der Waals surface area (Å²) in [7, 11) is 3.46. The number of benzene rings is 1. The van der Waals surface area contributed by atoms with Crippen molar-refractivity contribution >= 4 is 5.69 Å². The highest BCUT2D eigenvalue weighted by atomic mass is 19.1. The van der Waals surface area contributed by atoms with Crippen LogP contribution >= 0.6 is 0 Å². The summed E-state index contributed by atoms with van der Waals surface area (Å²) in [6.07, 6.45) is 0. The van der Waals surface area contributed by atoms with E-state index in [1.807, 2.05) is 36.2 Å². The normalized spacial score (nSPS) is 14.3. The zero-order valence-electron chi connectivity index (χ0n) is 10.0. The number of hydrogen-bond donors (Lipinski definition) is 1. The Labute approximate surface area is 96.0 Å². The third-order valence-corrected chi connectivity index (χ3v) is 2.51. The lowest BCUT2D eigenvalue weighted by Gasteiger charge is -2.27. The molecule has 1 aromatic rings. The van der Waals surface area contributed by atoms with Crippen LogP contribution in [0, 0.1) is 0 Å². The highest BCUT2D eigenvalue weighted by Gasteiger charge is 2.23. The summed E-state index contributed by atoms with van der Waals surface area (Å²) in [4.78, 5) is 1.84. The van der Waals surface area contributed by atoms with E-state index >= 15 is 0 Å². The first-order chi connectivity index (χ1) is 7.48. The molecule has 0 aromatic heterocycles. The quantitative estimate of drug-likeness (QED) is 0.832. The van der Waals surface area contributed by atoms with Gasteiger partial charge in [0.25, 0.3) is 0 Å². The molecule has 90 valence electrons. The van der Waals surface area contributed by atoms with Crippen LogP contribution in [0.5, 0.6) is 5.75 Å².